The standard InChI is InChI=1S/C18H23NS/c1-14(2)19-12-16-8-10-18(11-9-16)20-13-17-6-4-15(3)5-7-17/h4-11,14,19H,12-13H2,1-3H3. The molecule has 0 aliphatic rings. The van der Waals surface area contributed by atoms with Crippen LogP contribution in [0.5, 0.6) is 0 Å². The first-order valence-corrected chi connectivity index (χ1v) is 8.13. The Balaban J connectivity index is 1.85. The SMILES string of the molecule is Cc1ccc(CSc2ccc(CNC(C)C)cc2)cc1. The first-order valence-electron chi connectivity index (χ1n) is 7.14. The maximum Gasteiger partial charge on any atom is 0.0231 e. The molecular formula is C18H23NS. The number of benzene rings is 2. The quantitative estimate of drug-likeness (QED) is 0.766. The van der Waals surface area contributed by atoms with Crippen LogP contribution in [-0.4, -0.2) is 6.04 Å². The van der Waals surface area contributed by atoms with Crippen molar-refractivity contribution in [3.05, 3.63) is 65.2 Å². The van der Waals surface area contributed by atoms with Gasteiger partial charge in [-0.05, 0) is 30.2 Å². The second-order valence-electron chi connectivity index (χ2n) is 5.45. The molecule has 0 bridgehead atoms. The third-order valence-corrected chi connectivity index (χ3v) is 4.25. The summed E-state index contributed by atoms with van der Waals surface area (Å²) in [4.78, 5) is 1.33. The lowest BCUT2D eigenvalue weighted by molar-refractivity contribution is 0.588. The highest BCUT2D eigenvalue weighted by molar-refractivity contribution is 7.98. The van der Waals surface area contributed by atoms with Crippen molar-refractivity contribution in [3.8, 4) is 0 Å². The van der Waals surface area contributed by atoms with Gasteiger partial charge in [0, 0.05) is 23.2 Å². The number of nitrogens with one attached hydrogen (secondary N) is 1. The summed E-state index contributed by atoms with van der Waals surface area (Å²) in [5, 5.41) is 3.44. The highest BCUT2D eigenvalue weighted by Gasteiger charge is 1.99. The van der Waals surface area contributed by atoms with Gasteiger partial charge in [0.1, 0.15) is 0 Å². The van der Waals surface area contributed by atoms with Crippen molar-refractivity contribution in [1.82, 2.24) is 5.32 Å². The molecule has 0 aliphatic heterocycles. The Morgan fingerprint density at radius 1 is 0.900 bits per heavy atom. The van der Waals surface area contributed by atoms with Crippen molar-refractivity contribution in [2.45, 2.75) is 44.0 Å². The van der Waals surface area contributed by atoms with E-state index in [-0.39, 0.29) is 0 Å². The Labute approximate surface area is 126 Å². The molecule has 0 heterocycles. The molecule has 0 saturated heterocycles. The van der Waals surface area contributed by atoms with E-state index in [1.54, 1.807) is 0 Å². The molecule has 0 fully saturated rings. The van der Waals surface area contributed by atoms with E-state index in [0.717, 1.165) is 12.3 Å². The van der Waals surface area contributed by atoms with Gasteiger partial charge in [-0.2, -0.15) is 0 Å². The minimum Gasteiger partial charge on any atom is -0.310 e. The van der Waals surface area contributed by atoms with E-state index < -0.39 is 0 Å². The molecule has 0 saturated carbocycles. The molecule has 1 N–H and O–H groups in total. The monoisotopic (exact) mass is 285 g/mol. The number of hydrogen-bond acceptors (Lipinski definition) is 2. The van der Waals surface area contributed by atoms with Crippen molar-refractivity contribution < 1.29 is 0 Å². The largest absolute Gasteiger partial charge is 0.310 e. The van der Waals surface area contributed by atoms with E-state index in [1.165, 1.54) is 21.6 Å². The van der Waals surface area contributed by atoms with Crippen molar-refractivity contribution in [3.63, 3.8) is 0 Å². The zero-order chi connectivity index (χ0) is 14.4. The topological polar surface area (TPSA) is 12.0 Å². The summed E-state index contributed by atoms with van der Waals surface area (Å²) in [6, 6.07) is 18.2. The Bertz CT molecular complexity index is 514. The predicted octanol–water partition coefficient (Wildman–Crippen LogP) is 4.79. The van der Waals surface area contributed by atoms with Crippen LogP contribution < -0.4 is 5.32 Å². The van der Waals surface area contributed by atoms with Crippen LogP contribution in [0.15, 0.2) is 53.4 Å². The molecule has 106 valence electrons. The molecule has 2 heteroatoms. The van der Waals surface area contributed by atoms with E-state index in [4.69, 9.17) is 0 Å². The van der Waals surface area contributed by atoms with Crippen molar-refractivity contribution in [1.29, 1.82) is 0 Å². The fourth-order valence-corrected chi connectivity index (χ4v) is 2.73. The molecule has 20 heavy (non-hydrogen) atoms. The van der Waals surface area contributed by atoms with Crippen LogP contribution in [0.4, 0.5) is 0 Å². The maximum absolute atomic E-state index is 3.44. The molecule has 2 rings (SSSR count). The van der Waals surface area contributed by atoms with Gasteiger partial charge in [0.25, 0.3) is 0 Å². The van der Waals surface area contributed by atoms with Crippen LogP contribution in [-0.2, 0) is 12.3 Å². The average Bonchev–Trinajstić information content (AvgIpc) is 2.45. The lowest BCUT2D eigenvalue weighted by atomic mass is 10.2. The summed E-state index contributed by atoms with van der Waals surface area (Å²) in [5.74, 6) is 1.03. The van der Waals surface area contributed by atoms with Crippen LogP contribution in [0.25, 0.3) is 0 Å². The Hall–Kier alpha value is -1.25. The van der Waals surface area contributed by atoms with Crippen molar-refractivity contribution >= 4 is 11.8 Å². The Morgan fingerprint density at radius 3 is 2.10 bits per heavy atom. The number of hydrogen-bond donors (Lipinski definition) is 1. The second-order valence-corrected chi connectivity index (χ2v) is 6.50. The van der Waals surface area contributed by atoms with Crippen LogP contribution >= 0.6 is 11.8 Å². The van der Waals surface area contributed by atoms with Crippen LogP contribution in [0, 0.1) is 6.92 Å². The normalized spacial score (nSPS) is 11.0. The third kappa shape index (κ3) is 5.03. The van der Waals surface area contributed by atoms with Gasteiger partial charge in [-0.25, -0.2) is 0 Å². The van der Waals surface area contributed by atoms with E-state index in [0.29, 0.717) is 6.04 Å². The van der Waals surface area contributed by atoms with Gasteiger partial charge in [-0.3, -0.25) is 0 Å². The third-order valence-electron chi connectivity index (χ3n) is 3.16. The molecule has 0 spiro atoms. The van der Waals surface area contributed by atoms with Gasteiger partial charge < -0.3 is 5.32 Å². The maximum atomic E-state index is 3.44. The molecule has 0 aromatic heterocycles. The molecule has 0 unspecified atom stereocenters. The Kier molecular flexibility index (Phi) is 5.69. The van der Waals surface area contributed by atoms with Gasteiger partial charge in [0.15, 0.2) is 0 Å². The van der Waals surface area contributed by atoms with E-state index in [1.807, 2.05) is 11.8 Å². The van der Waals surface area contributed by atoms with E-state index >= 15 is 0 Å². The molecule has 0 radical (unpaired) electrons. The molecular weight excluding hydrogens is 262 g/mol. The molecule has 2 aromatic rings. The molecule has 0 atom stereocenters. The number of rotatable bonds is 6. The summed E-state index contributed by atoms with van der Waals surface area (Å²) in [5.41, 5.74) is 4.05. The highest BCUT2D eigenvalue weighted by atomic mass is 32.2. The summed E-state index contributed by atoms with van der Waals surface area (Å²) in [7, 11) is 0. The van der Waals surface area contributed by atoms with Crippen molar-refractivity contribution in [2.75, 3.05) is 0 Å². The van der Waals surface area contributed by atoms with Gasteiger partial charge in [-0.1, -0.05) is 55.8 Å². The average molecular weight is 285 g/mol. The zero-order valence-electron chi connectivity index (χ0n) is 12.5. The molecule has 2 aromatic carbocycles. The van der Waals surface area contributed by atoms with E-state index in [9.17, 15) is 0 Å². The zero-order valence-corrected chi connectivity index (χ0v) is 13.3. The highest BCUT2D eigenvalue weighted by Crippen LogP contribution is 2.23. The Morgan fingerprint density at radius 2 is 1.50 bits per heavy atom. The summed E-state index contributed by atoms with van der Waals surface area (Å²) >= 11 is 1.89. The van der Waals surface area contributed by atoms with Crippen LogP contribution in [0.2, 0.25) is 0 Å². The number of thioether (sulfide) groups is 1. The van der Waals surface area contributed by atoms with Gasteiger partial charge >= 0.3 is 0 Å². The molecule has 1 nitrogen and oxygen atoms in total. The van der Waals surface area contributed by atoms with Crippen molar-refractivity contribution in [2.24, 2.45) is 0 Å². The predicted molar refractivity (Wildman–Crippen MR) is 89.2 cm³/mol. The minimum absolute atomic E-state index is 0.533. The lowest BCUT2D eigenvalue weighted by Crippen LogP contribution is -2.21. The lowest BCUT2D eigenvalue weighted by Gasteiger charge is -2.08. The summed E-state index contributed by atoms with van der Waals surface area (Å²) in [6.07, 6.45) is 0. The summed E-state index contributed by atoms with van der Waals surface area (Å²) < 4.78 is 0. The van der Waals surface area contributed by atoms with Gasteiger partial charge in [0.05, 0.1) is 0 Å². The fraction of sp³-hybridized carbons (Fsp3) is 0.333. The molecule has 0 aliphatic carbocycles. The minimum atomic E-state index is 0.533. The fourth-order valence-electron chi connectivity index (χ4n) is 1.88. The van der Waals surface area contributed by atoms with E-state index in [2.05, 4.69) is 74.6 Å². The first kappa shape index (κ1) is 15.1. The van der Waals surface area contributed by atoms with Crippen LogP contribution in [0.1, 0.15) is 30.5 Å². The van der Waals surface area contributed by atoms with Gasteiger partial charge in [-0.15, -0.1) is 11.8 Å². The van der Waals surface area contributed by atoms with Gasteiger partial charge in [0.2, 0.25) is 0 Å². The van der Waals surface area contributed by atoms with Crippen LogP contribution in [0.3, 0.4) is 0 Å². The summed E-state index contributed by atoms with van der Waals surface area (Å²) in [6.45, 7) is 7.42. The number of aryl methyl sites for hydroxylation is 1. The second kappa shape index (κ2) is 7.51. The first-order chi connectivity index (χ1) is 9.63. The smallest absolute Gasteiger partial charge is 0.0231 e. The molecule has 0 amide bonds.